The van der Waals surface area contributed by atoms with Gasteiger partial charge in [-0.3, -0.25) is 14.4 Å². The summed E-state index contributed by atoms with van der Waals surface area (Å²) in [7, 11) is 0. The number of hydrogen-bond donors (Lipinski definition) is 0. The van der Waals surface area contributed by atoms with Gasteiger partial charge in [-0.2, -0.15) is 0 Å². The number of allylic oxidation sites excluding steroid dienone is 30. The van der Waals surface area contributed by atoms with E-state index in [1.165, 1.54) is 32.1 Å². The second kappa shape index (κ2) is 69.0. The molecular formula is C77H120O6. The van der Waals surface area contributed by atoms with Crippen molar-refractivity contribution in [1.82, 2.24) is 0 Å². The highest BCUT2D eigenvalue weighted by molar-refractivity contribution is 5.71. The fourth-order valence-corrected chi connectivity index (χ4v) is 8.50. The molecule has 6 nitrogen and oxygen atoms in total. The maximum absolute atomic E-state index is 12.8. The van der Waals surface area contributed by atoms with Crippen LogP contribution in [0.2, 0.25) is 0 Å². The maximum Gasteiger partial charge on any atom is 0.306 e. The van der Waals surface area contributed by atoms with Gasteiger partial charge in [-0.1, -0.05) is 287 Å². The van der Waals surface area contributed by atoms with Crippen LogP contribution in [0.15, 0.2) is 182 Å². The monoisotopic (exact) mass is 1140 g/mol. The molecule has 0 aliphatic carbocycles. The number of carbonyl (C=O) groups is 3. The van der Waals surface area contributed by atoms with Crippen molar-refractivity contribution in [2.45, 2.75) is 271 Å². The lowest BCUT2D eigenvalue weighted by atomic mass is 10.1. The molecule has 0 heterocycles. The first kappa shape index (κ1) is 77.5. The molecule has 83 heavy (non-hydrogen) atoms. The maximum atomic E-state index is 12.8. The molecule has 0 aromatic carbocycles. The second-order valence-corrected chi connectivity index (χ2v) is 21.3. The summed E-state index contributed by atoms with van der Waals surface area (Å²) in [5, 5.41) is 0. The highest BCUT2D eigenvalue weighted by Gasteiger charge is 2.19. The molecule has 0 aromatic heterocycles. The molecule has 6 heteroatoms. The summed E-state index contributed by atoms with van der Waals surface area (Å²) in [5.41, 5.74) is 0. The van der Waals surface area contributed by atoms with Crippen LogP contribution in [-0.4, -0.2) is 37.2 Å². The van der Waals surface area contributed by atoms with Gasteiger partial charge in [0.05, 0.1) is 0 Å². The van der Waals surface area contributed by atoms with E-state index in [0.717, 1.165) is 193 Å². The van der Waals surface area contributed by atoms with Crippen molar-refractivity contribution < 1.29 is 28.6 Å². The van der Waals surface area contributed by atoms with Gasteiger partial charge in [-0.05, 0) is 141 Å². The molecule has 0 bridgehead atoms. The van der Waals surface area contributed by atoms with Gasteiger partial charge in [0.1, 0.15) is 13.2 Å². The molecule has 0 saturated carbocycles. The van der Waals surface area contributed by atoms with E-state index in [1.807, 2.05) is 0 Å². The zero-order chi connectivity index (χ0) is 59.9. The first-order valence-electron chi connectivity index (χ1n) is 33.3. The summed E-state index contributed by atoms with van der Waals surface area (Å²) < 4.78 is 16.8. The van der Waals surface area contributed by atoms with E-state index >= 15 is 0 Å². The zero-order valence-corrected chi connectivity index (χ0v) is 53.1. The molecule has 0 aromatic rings. The van der Waals surface area contributed by atoms with Crippen molar-refractivity contribution in [1.29, 1.82) is 0 Å². The summed E-state index contributed by atoms with van der Waals surface area (Å²) in [6.45, 7) is 6.29. The first-order chi connectivity index (χ1) is 41.0. The molecule has 0 rings (SSSR count). The summed E-state index contributed by atoms with van der Waals surface area (Å²) in [6.07, 6.45) is 104. The van der Waals surface area contributed by atoms with Crippen molar-refractivity contribution in [3.05, 3.63) is 182 Å². The number of hydrogen-bond acceptors (Lipinski definition) is 6. The van der Waals surface area contributed by atoms with Crippen molar-refractivity contribution in [3.8, 4) is 0 Å². The molecule has 0 spiro atoms. The number of unbranched alkanes of at least 4 members (excludes halogenated alkanes) is 17. The van der Waals surface area contributed by atoms with Gasteiger partial charge in [-0.15, -0.1) is 0 Å². The largest absolute Gasteiger partial charge is 0.462 e. The fraction of sp³-hybridized carbons (Fsp3) is 0.571. The summed E-state index contributed by atoms with van der Waals surface area (Å²) in [4.78, 5) is 38.0. The van der Waals surface area contributed by atoms with Crippen molar-refractivity contribution >= 4 is 17.9 Å². The van der Waals surface area contributed by atoms with Gasteiger partial charge in [-0.25, -0.2) is 0 Å². The van der Waals surface area contributed by atoms with Crippen LogP contribution < -0.4 is 0 Å². The molecule has 1 atom stereocenters. The first-order valence-corrected chi connectivity index (χ1v) is 33.3. The van der Waals surface area contributed by atoms with Gasteiger partial charge < -0.3 is 14.2 Å². The van der Waals surface area contributed by atoms with Crippen LogP contribution in [0.5, 0.6) is 0 Å². The Morgan fingerprint density at radius 2 is 0.470 bits per heavy atom. The van der Waals surface area contributed by atoms with Crippen LogP contribution in [0.4, 0.5) is 0 Å². The molecule has 0 aliphatic rings. The van der Waals surface area contributed by atoms with Crippen molar-refractivity contribution in [2.75, 3.05) is 13.2 Å². The quantitative estimate of drug-likeness (QED) is 0.0261. The lowest BCUT2D eigenvalue weighted by molar-refractivity contribution is -0.167. The third-order valence-corrected chi connectivity index (χ3v) is 13.4. The molecule has 0 saturated heterocycles. The van der Waals surface area contributed by atoms with Crippen molar-refractivity contribution in [3.63, 3.8) is 0 Å². The van der Waals surface area contributed by atoms with Crippen LogP contribution in [-0.2, 0) is 28.6 Å². The van der Waals surface area contributed by atoms with E-state index in [4.69, 9.17) is 14.2 Å². The zero-order valence-electron chi connectivity index (χ0n) is 53.1. The minimum atomic E-state index is -0.799. The Balaban J connectivity index is 4.15. The number of rotatable bonds is 58. The minimum absolute atomic E-state index is 0.0969. The Kier molecular flexibility index (Phi) is 64.4. The lowest BCUT2D eigenvalue weighted by Crippen LogP contribution is -2.30. The Hall–Kier alpha value is -5.49. The van der Waals surface area contributed by atoms with Gasteiger partial charge in [0, 0.05) is 19.3 Å². The average Bonchev–Trinajstić information content (AvgIpc) is 3.49. The molecule has 1 unspecified atom stereocenters. The van der Waals surface area contributed by atoms with Gasteiger partial charge in [0.15, 0.2) is 6.10 Å². The van der Waals surface area contributed by atoms with E-state index in [9.17, 15) is 14.4 Å². The standard InChI is InChI=1S/C77H120O6/c1-4-7-10-13-15-17-19-21-23-25-27-29-31-33-35-36-37-38-39-40-42-43-45-47-49-51-53-55-57-59-61-64-67-70-76(79)82-73-74(72-81-75(78)69-66-63-12-9-6-3)83-77(80)71-68-65-62-60-58-56-54-52-50-48-46-44-41-34-32-30-28-26-24-22-20-18-16-14-11-8-5-2/h7-8,10-11,15-18,21-24,27-30,33-35,37-38,40-42,45-48,52,54,74H,4-6,9,12-14,19-20,25-26,31-32,36,39,43-44,49-51,53,55-73H2,1-3H3/b10-7-,11-8-,17-15-,18-16-,23-21-,24-22-,29-27-,30-28-,35-33-,38-37-,41-34-,42-40-,47-45-,48-46-,54-52-. The molecule has 0 N–H and O–H groups in total. The van der Waals surface area contributed by atoms with Crippen LogP contribution in [0.1, 0.15) is 265 Å². The molecule has 464 valence electrons. The third kappa shape index (κ3) is 67.2. The van der Waals surface area contributed by atoms with E-state index < -0.39 is 6.10 Å². The predicted molar refractivity (Wildman–Crippen MR) is 361 cm³/mol. The summed E-state index contributed by atoms with van der Waals surface area (Å²) in [6, 6.07) is 0. The fourth-order valence-electron chi connectivity index (χ4n) is 8.50. The highest BCUT2D eigenvalue weighted by atomic mass is 16.6. The van der Waals surface area contributed by atoms with Crippen molar-refractivity contribution in [2.24, 2.45) is 0 Å². The topological polar surface area (TPSA) is 78.9 Å². The van der Waals surface area contributed by atoms with E-state index in [1.54, 1.807) is 0 Å². The minimum Gasteiger partial charge on any atom is -0.462 e. The molecule has 0 amide bonds. The number of esters is 3. The van der Waals surface area contributed by atoms with Crippen LogP contribution in [0.3, 0.4) is 0 Å². The van der Waals surface area contributed by atoms with Crippen LogP contribution in [0, 0.1) is 0 Å². The average molecular weight is 1140 g/mol. The molecular weight excluding hydrogens is 1020 g/mol. The Labute approximate surface area is 510 Å². The third-order valence-electron chi connectivity index (χ3n) is 13.4. The van der Waals surface area contributed by atoms with Gasteiger partial charge in [0.2, 0.25) is 0 Å². The van der Waals surface area contributed by atoms with Gasteiger partial charge >= 0.3 is 17.9 Å². The highest BCUT2D eigenvalue weighted by Crippen LogP contribution is 2.14. The predicted octanol–water partition coefficient (Wildman–Crippen LogP) is 23.2. The van der Waals surface area contributed by atoms with E-state index in [-0.39, 0.29) is 31.1 Å². The molecule has 0 radical (unpaired) electrons. The number of carbonyl (C=O) groups excluding carboxylic acids is 3. The summed E-state index contributed by atoms with van der Waals surface area (Å²) >= 11 is 0. The smallest absolute Gasteiger partial charge is 0.306 e. The molecule has 0 aliphatic heterocycles. The van der Waals surface area contributed by atoms with Crippen LogP contribution >= 0.6 is 0 Å². The second-order valence-electron chi connectivity index (χ2n) is 21.3. The lowest BCUT2D eigenvalue weighted by Gasteiger charge is -2.18. The SMILES string of the molecule is CC/C=C\C/C=C\C/C=C\C/C=C\C/C=C\C/C=C\C/C=C\C/C=C\CCCCCCCCCCC(=O)OCC(COC(=O)CCCCCCC)OC(=O)CCCCCCC/C=C\C/C=C\C/C=C\C/C=C\C/C=C\C/C=C\C/C=C\CC. The van der Waals surface area contributed by atoms with E-state index in [0.29, 0.717) is 19.3 Å². The normalized spacial score (nSPS) is 13.3. The molecule has 0 fully saturated rings. The Morgan fingerprint density at radius 1 is 0.253 bits per heavy atom. The van der Waals surface area contributed by atoms with Crippen LogP contribution in [0.25, 0.3) is 0 Å². The summed E-state index contributed by atoms with van der Waals surface area (Å²) in [5.74, 6) is -0.946. The number of ether oxygens (including phenoxy) is 3. The van der Waals surface area contributed by atoms with E-state index in [2.05, 4.69) is 203 Å². The Morgan fingerprint density at radius 3 is 0.735 bits per heavy atom. The van der Waals surface area contributed by atoms with Gasteiger partial charge in [0.25, 0.3) is 0 Å². The Bertz CT molecular complexity index is 1940.